The summed E-state index contributed by atoms with van der Waals surface area (Å²) in [4.78, 5) is 15.0. The molecule has 0 aliphatic carbocycles. The lowest BCUT2D eigenvalue weighted by atomic mass is 10.3. The fourth-order valence-corrected chi connectivity index (χ4v) is 1.69. The number of hydrogen-bond acceptors (Lipinski definition) is 6. The minimum Gasteiger partial charge on any atom is -0.463 e. The highest BCUT2D eigenvalue weighted by atomic mass is 16.5. The zero-order valence-corrected chi connectivity index (χ0v) is 12.4. The summed E-state index contributed by atoms with van der Waals surface area (Å²) < 4.78 is 5.60. The molecule has 1 rings (SSSR count). The van der Waals surface area contributed by atoms with Gasteiger partial charge in [0.2, 0.25) is 11.9 Å². The predicted octanol–water partition coefficient (Wildman–Crippen LogP) is 2.33. The first-order chi connectivity index (χ1) is 9.24. The van der Waals surface area contributed by atoms with Crippen molar-refractivity contribution in [1.82, 2.24) is 15.0 Å². The van der Waals surface area contributed by atoms with Crippen LogP contribution in [0.5, 0.6) is 6.01 Å². The summed E-state index contributed by atoms with van der Waals surface area (Å²) in [6.45, 7) is 8.69. The van der Waals surface area contributed by atoms with Crippen molar-refractivity contribution in [2.75, 3.05) is 37.0 Å². The van der Waals surface area contributed by atoms with Crippen LogP contribution in [0.2, 0.25) is 0 Å². The van der Waals surface area contributed by atoms with Crippen molar-refractivity contribution in [2.24, 2.45) is 0 Å². The molecule has 0 amide bonds. The molecule has 0 bridgehead atoms. The molecule has 0 saturated carbocycles. The quantitative estimate of drug-likeness (QED) is 0.693. The lowest BCUT2D eigenvalue weighted by molar-refractivity contribution is 0.282. The number of anilines is 2. The fraction of sp³-hybridized carbons (Fsp3) is 0.769. The molecule has 0 saturated heterocycles. The van der Waals surface area contributed by atoms with Crippen LogP contribution in [-0.4, -0.2) is 41.7 Å². The van der Waals surface area contributed by atoms with E-state index in [9.17, 15) is 0 Å². The number of aromatic nitrogens is 3. The third-order valence-electron chi connectivity index (χ3n) is 2.85. The number of nitrogens with zero attached hydrogens (tertiary/aromatic N) is 4. The molecule has 0 unspecified atom stereocenters. The van der Waals surface area contributed by atoms with Gasteiger partial charge in [0.05, 0.1) is 6.61 Å². The highest BCUT2D eigenvalue weighted by Gasteiger charge is 2.11. The number of nitrogens with one attached hydrogen (secondary N) is 1. The fourth-order valence-electron chi connectivity index (χ4n) is 1.69. The van der Waals surface area contributed by atoms with Gasteiger partial charge in [-0.05, 0) is 20.3 Å². The van der Waals surface area contributed by atoms with Crippen molar-refractivity contribution in [3.63, 3.8) is 0 Å². The van der Waals surface area contributed by atoms with E-state index >= 15 is 0 Å². The van der Waals surface area contributed by atoms with Gasteiger partial charge in [-0.2, -0.15) is 15.0 Å². The minimum atomic E-state index is 0.400. The molecule has 1 N–H and O–H groups in total. The molecule has 0 spiro atoms. The number of rotatable bonds is 9. The van der Waals surface area contributed by atoms with Crippen molar-refractivity contribution in [2.45, 2.75) is 40.0 Å². The van der Waals surface area contributed by atoms with Crippen molar-refractivity contribution in [3.8, 4) is 6.01 Å². The Hall–Kier alpha value is -1.59. The van der Waals surface area contributed by atoms with Crippen LogP contribution in [0, 0.1) is 0 Å². The van der Waals surface area contributed by atoms with Crippen LogP contribution in [0.25, 0.3) is 0 Å². The Morgan fingerprint density at radius 2 is 1.79 bits per heavy atom. The van der Waals surface area contributed by atoms with E-state index in [1.54, 1.807) is 7.05 Å². The monoisotopic (exact) mass is 267 g/mol. The zero-order valence-electron chi connectivity index (χ0n) is 12.4. The molecule has 0 atom stereocenters. The molecule has 0 aromatic carbocycles. The maximum absolute atomic E-state index is 5.60. The molecule has 6 heteroatoms. The van der Waals surface area contributed by atoms with E-state index in [1.807, 2.05) is 0 Å². The third kappa shape index (κ3) is 4.89. The van der Waals surface area contributed by atoms with Gasteiger partial charge >= 0.3 is 6.01 Å². The number of ether oxygens (including phenoxy) is 1. The minimum absolute atomic E-state index is 0.400. The molecule has 0 aliphatic rings. The van der Waals surface area contributed by atoms with Crippen molar-refractivity contribution < 1.29 is 4.74 Å². The Kier molecular flexibility index (Phi) is 6.92. The SMILES string of the molecule is CCCCCOc1nc(NC)nc(N(CC)CC)n1. The first-order valence-electron chi connectivity index (χ1n) is 7.06. The van der Waals surface area contributed by atoms with E-state index in [4.69, 9.17) is 4.74 Å². The van der Waals surface area contributed by atoms with E-state index in [-0.39, 0.29) is 0 Å². The van der Waals surface area contributed by atoms with Gasteiger partial charge in [-0.1, -0.05) is 19.8 Å². The van der Waals surface area contributed by atoms with E-state index in [1.165, 1.54) is 6.42 Å². The second kappa shape index (κ2) is 8.50. The molecular formula is C13H25N5O. The van der Waals surface area contributed by atoms with Gasteiger partial charge in [-0.15, -0.1) is 0 Å². The molecular weight excluding hydrogens is 242 g/mol. The first-order valence-corrected chi connectivity index (χ1v) is 7.06. The van der Waals surface area contributed by atoms with Gasteiger partial charge in [-0.25, -0.2) is 0 Å². The largest absolute Gasteiger partial charge is 0.463 e. The summed E-state index contributed by atoms with van der Waals surface area (Å²) in [7, 11) is 1.79. The molecule has 108 valence electrons. The average Bonchev–Trinajstić information content (AvgIpc) is 2.45. The Morgan fingerprint density at radius 3 is 2.37 bits per heavy atom. The Bertz CT molecular complexity index is 368. The molecule has 0 radical (unpaired) electrons. The average molecular weight is 267 g/mol. The summed E-state index contributed by atoms with van der Waals surface area (Å²) in [6.07, 6.45) is 3.36. The predicted molar refractivity (Wildman–Crippen MR) is 78.0 cm³/mol. The molecule has 6 nitrogen and oxygen atoms in total. The lowest BCUT2D eigenvalue weighted by Gasteiger charge is -2.19. The van der Waals surface area contributed by atoms with Gasteiger partial charge < -0.3 is 15.0 Å². The second-order valence-electron chi connectivity index (χ2n) is 4.22. The van der Waals surface area contributed by atoms with Gasteiger partial charge in [-0.3, -0.25) is 0 Å². The van der Waals surface area contributed by atoms with Crippen LogP contribution < -0.4 is 15.0 Å². The standard InChI is InChI=1S/C13H25N5O/c1-5-8-9-10-19-13-16-11(14-4)15-12(17-13)18(6-2)7-3/h5-10H2,1-4H3,(H,14,15,16,17). The normalized spacial score (nSPS) is 10.3. The molecule has 0 aliphatic heterocycles. The van der Waals surface area contributed by atoms with Crippen LogP contribution in [-0.2, 0) is 0 Å². The van der Waals surface area contributed by atoms with Crippen LogP contribution >= 0.6 is 0 Å². The maximum Gasteiger partial charge on any atom is 0.323 e. The third-order valence-corrected chi connectivity index (χ3v) is 2.85. The van der Waals surface area contributed by atoms with Crippen molar-refractivity contribution in [3.05, 3.63) is 0 Å². The Morgan fingerprint density at radius 1 is 1.05 bits per heavy atom. The zero-order chi connectivity index (χ0) is 14.1. The van der Waals surface area contributed by atoms with Crippen LogP contribution in [0.4, 0.5) is 11.9 Å². The van der Waals surface area contributed by atoms with Gasteiger partial charge in [0.15, 0.2) is 0 Å². The molecule has 1 aromatic heterocycles. The Balaban J connectivity index is 2.77. The molecule has 0 fully saturated rings. The number of hydrogen-bond donors (Lipinski definition) is 1. The summed E-state index contributed by atoms with van der Waals surface area (Å²) in [5, 5.41) is 2.94. The van der Waals surface area contributed by atoms with E-state index in [0.29, 0.717) is 24.5 Å². The van der Waals surface area contributed by atoms with Crippen LogP contribution in [0.1, 0.15) is 40.0 Å². The molecule has 19 heavy (non-hydrogen) atoms. The lowest BCUT2D eigenvalue weighted by Crippen LogP contribution is -2.25. The van der Waals surface area contributed by atoms with E-state index in [2.05, 4.69) is 45.9 Å². The van der Waals surface area contributed by atoms with Gasteiger partial charge in [0.25, 0.3) is 0 Å². The highest BCUT2D eigenvalue weighted by molar-refractivity contribution is 5.37. The maximum atomic E-state index is 5.60. The second-order valence-corrected chi connectivity index (χ2v) is 4.22. The van der Waals surface area contributed by atoms with Crippen LogP contribution in [0.15, 0.2) is 0 Å². The summed E-state index contributed by atoms with van der Waals surface area (Å²) in [5.41, 5.74) is 0. The van der Waals surface area contributed by atoms with E-state index < -0.39 is 0 Å². The summed E-state index contributed by atoms with van der Waals surface area (Å²) >= 11 is 0. The van der Waals surface area contributed by atoms with Crippen LogP contribution in [0.3, 0.4) is 0 Å². The highest BCUT2D eigenvalue weighted by Crippen LogP contribution is 2.14. The van der Waals surface area contributed by atoms with E-state index in [0.717, 1.165) is 25.9 Å². The molecule has 1 heterocycles. The van der Waals surface area contributed by atoms with Gasteiger partial charge in [0.1, 0.15) is 0 Å². The van der Waals surface area contributed by atoms with Crippen molar-refractivity contribution >= 4 is 11.9 Å². The van der Waals surface area contributed by atoms with Crippen molar-refractivity contribution in [1.29, 1.82) is 0 Å². The summed E-state index contributed by atoms with van der Waals surface area (Å²) in [5.74, 6) is 1.21. The number of unbranched alkanes of at least 4 members (excludes halogenated alkanes) is 2. The topological polar surface area (TPSA) is 63.2 Å². The molecule has 1 aromatic rings. The van der Waals surface area contributed by atoms with Gasteiger partial charge in [0, 0.05) is 20.1 Å². The summed E-state index contributed by atoms with van der Waals surface area (Å²) in [6, 6.07) is 0.400. The first kappa shape index (κ1) is 15.5. The smallest absolute Gasteiger partial charge is 0.323 e. The Labute approximate surface area is 115 Å².